The summed E-state index contributed by atoms with van der Waals surface area (Å²) in [6, 6.07) is -2.97. The molecule has 0 aliphatic rings. The number of carboxylic acid groups (broad SMARTS) is 2. The smallest absolute Gasteiger partial charge is 0.326 e. The number of carbonyl (C=O) groups excluding carboxylic acids is 1. The molecule has 19 heavy (non-hydrogen) atoms. The van der Waals surface area contributed by atoms with Crippen molar-refractivity contribution < 1.29 is 24.6 Å². The Morgan fingerprint density at radius 3 is 2.47 bits per heavy atom. The third-order valence-electron chi connectivity index (χ3n) is 2.08. The summed E-state index contributed by atoms with van der Waals surface area (Å²) in [5.41, 5.74) is 0. The van der Waals surface area contributed by atoms with E-state index in [-0.39, 0.29) is 5.82 Å². The molecule has 0 saturated carbocycles. The van der Waals surface area contributed by atoms with Crippen LogP contribution >= 0.6 is 0 Å². The van der Waals surface area contributed by atoms with E-state index in [9.17, 15) is 14.4 Å². The van der Waals surface area contributed by atoms with Crippen molar-refractivity contribution in [3.63, 3.8) is 0 Å². The van der Waals surface area contributed by atoms with Crippen molar-refractivity contribution in [3.05, 3.63) is 5.82 Å². The summed E-state index contributed by atoms with van der Waals surface area (Å²) in [7, 11) is 0. The molecule has 0 spiro atoms. The first-order valence-corrected chi connectivity index (χ1v) is 5.15. The molecule has 0 saturated heterocycles. The number of carboxylic acids is 2. The number of tetrazole rings is 1. The van der Waals surface area contributed by atoms with Crippen LogP contribution in [-0.4, -0.2) is 54.8 Å². The van der Waals surface area contributed by atoms with Crippen LogP contribution < -0.4 is 10.6 Å². The predicted molar refractivity (Wildman–Crippen MR) is 57.9 cm³/mol. The third-order valence-corrected chi connectivity index (χ3v) is 2.08. The summed E-state index contributed by atoms with van der Waals surface area (Å²) < 4.78 is 0. The molecule has 1 heterocycles. The van der Waals surface area contributed by atoms with Gasteiger partial charge < -0.3 is 20.8 Å². The monoisotopic (exact) mass is 272 g/mol. The van der Waals surface area contributed by atoms with Gasteiger partial charge in [-0.1, -0.05) is 5.21 Å². The van der Waals surface area contributed by atoms with Crippen molar-refractivity contribution in [2.45, 2.75) is 25.4 Å². The van der Waals surface area contributed by atoms with Gasteiger partial charge in [0, 0.05) is 0 Å². The Morgan fingerprint density at radius 1 is 1.32 bits per heavy atom. The van der Waals surface area contributed by atoms with Crippen LogP contribution in [0.5, 0.6) is 0 Å². The standard InChI is InChI=1S/C8H12N6O5/c1-3(6-11-13-14-12-6)9-8(19)10-4(7(17)18)2-5(15)16/h3-4H,2H2,1H3,(H,15,16)(H,17,18)(H2,9,10,19)(H,11,12,13,14)/t3?,4-/m0/s1. The molecule has 1 rings (SSSR count). The van der Waals surface area contributed by atoms with E-state index in [0.29, 0.717) is 0 Å². The van der Waals surface area contributed by atoms with Crippen molar-refractivity contribution in [2.75, 3.05) is 0 Å². The SMILES string of the molecule is CC(NC(=O)N[C@@H](CC(=O)O)C(=O)O)c1nn[nH]n1. The Morgan fingerprint density at radius 2 is 2.00 bits per heavy atom. The topological polar surface area (TPSA) is 170 Å². The molecule has 1 unspecified atom stereocenters. The highest BCUT2D eigenvalue weighted by Gasteiger charge is 2.24. The number of nitrogens with zero attached hydrogens (tertiary/aromatic N) is 3. The summed E-state index contributed by atoms with van der Waals surface area (Å²) in [5.74, 6) is -2.57. The third kappa shape index (κ3) is 4.57. The van der Waals surface area contributed by atoms with E-state index in [2.05, 4.69) is 25.9 Å². The highest BCUT2D eigenvalue weighted by molar-refractivity contribution is 5.86. The van der Waals surface area contributed by atoms with Crippen molar-refractivity contribution in [2.24, 2.45) is 0 Å². The van der Waals surface area contributed by atoms with Gasteiger partial charge in [-0.25, -0.2) is 9.59 Å². The maximum Gasteiger partial charge on any atom is 0.326 e. The summed E-state index contributed by atoms with van der Waals surface area (Å²) in [5, 5.41) is 34.4. The average molecular weight is 272 g/mol. The van der Waals surface area contributed by atoms with Gasteiger partial charge in [0.2, 0.25) is 0 Å². The van der Waals surface area contributed by atoms with Crippen LogP contribution in [0.4, 0.5) is 4.79 Å². The Labute approximate surface area is 106 Å². The molecule has 0 aliphatic carbocycles. The first-order valence-electron chi connectivity index (χ1n) is 5.15. The van der Waals surface area contributed by atoms with Gasteiger partial charge in [0.05, 0.1) is 12.5 Å². The highest BCUT2D eigenvalue weighted by Crippen LogP contribution is 2.02. The van der Waals surface area contributed by atoms with Crippen molar-refractivity contribution in [3.8, 4) is 0 Å². The van der Waals surface area contributed by atoms with Gasteiger partial charge in [-0.2, -0.15) is 5.21 Å². The van der Waals surface area contributed by atoms with E-state index < -0.39 is 36.5 Å². The number of rotatable bonds is 6. The van der Waals surface area contributed by atoms with E-state index in [1.54, 1.807) is 6.92 Å². The van der Waals surface area contributed by atoms with Crippen LogP contribution in [0.2, 0.25) is 0 Å². The van der Waals surface area contributed by atoms with Gasteiger partial charge in [-0.15, -0.1) is 10.2 Å². The van der Waals surface area contributed by atoms with E-state index in [1.807, 2.05) is 5.32 Å². The van der Waals surface area contributed by atoms with Crippen molar-refractivity contribution in [1.29, 1.82) is 0 Å². The average Bonchev–Trinajstić information content (AvgIpc) is 2.80. The molecule has 11 heteroatoms. The molecular weight excluding hydrogens is 260 g/mol. The zero-order chi connectivity index (χ0) is 14.4. The molecule has 0 aromatic carbocycles. The normalized spacial score (nSPS) is 13.3. The molecule has 0 aliphatic heterocycles. The molecule has 0 bridgehead atoms. The van der Waals surface area contributed by atoms with E-state index in [4.69, 9.17) is 10.2 Å². The van der Waals surface area contributed by atoms with Gasteiger partial charge in [0.25, 0.3) is 0 Å². The highest BCUT2D eigenvalue weighted by atomic mass is 16.4. The van der Waals surface area contributed by atoms with Crippen molar-refractivity contribution in [1.82, 2.24) is 31.3 Å². The van der Waals surface area contributed by atoms with Crippen molar-refractivity contribution >= 4 is 18.0 Å². The summed E-state index contributed by atoms with van der Waals surface area (Å²) >= 11 is 0. The summed E-state index contributed by atoms with van der Waals surface area (Å²) in [4.78, 5) is 32.7. The second-order valence-electron chi connectivity index (χ2n) is 3.60. The number of aromatic amines is 1. The lowest BCUT2D eigenvalue weighted by atomic mass is 10.2. The van der Waals surface area contributed by atoms with E-state index in [1.165, 1.54) is 0 Å². The molecule has 1 aromatic rings. The van der Waals surface area contributed by atoms with Gasteiger partial charge in [-0.05, 0) is 6.92 Å². The maximum atomic E-state index is 11.5. The minimum absolute atomic E-state index is 0.209. The molecule has 104 valence electrons. The van der Waals surface area contributed by atoms with E-state index >= 15 is 0 Å². The Balaban J connectivity index is 2.53. The maximum absolute atomic E-state index is 11.5. The first-order chi connectivity index (χ1) is 8.90. The van der Waals surface area contributed by atoms with Crippen LogP contribution in [0.25, 0.3) is 0 Å². The number of aromatic nitrogens is 4. The van der Waals surface area contributed by atoms with Crippen LogP contribution in [0, 0.1) is 0 Å². The molecule has 0 fully saturated rings. The van der Waals surface area contributed by atoms with Gasteiger partial charge in [0.15, 0.2) is 5.82 Å². The van der Waals surface area contributed by atoms with Crippen LogP contribution in [0.3, 0.4) is 0 Å². The molecule has 0 radical (unpaired) electrons. The van der Waals surface area contributed by atoms with Gasteiger partial charge in [-0.3, -0.25) is 4.79 Å². The molecular formula is C8H12N6O5. The fraction of sp³-hybridized carbons (Fsp3) is 0.500. The number of hydrogen-bond donors (Lipinski definition) is 5. The summed E-state index contributed by atoms with van der Waals surface area (Å²) in [6.45, 7) is 1.55. The quantitative estimate of drug-likeness (QED) is 0.416. The number of amides is 2. The predicted octanol–water partition coefficient (Wildman–Crippen LogP) is -1.51. The van der Waals surface area contributed by atoms with Gasteiger partial charge >= 0.3 is 18.0 Å². The Bertz CT molecular complexity index is 460. The molecule has 2 amide bonds. The second-order valence-corrected chi connectivity index (χ2v) is 3.60. The van der Waals surface area contributed by atoms with Crippen LogP contribution in [-0.2, 0) is 9.59 Å². The zero-order valence-corrected chi connectivity index (χ0v) is 9.82. The Kier molecular flexibility index (Phi) is 4.74. The lowest BCUT2D eigenvalue weighted by Crippen LogP contribution is -2.47. The first kappa shape index (κ1) is 14.3. The number of hydrogen-bond acceptors (Lipinski definition) is 6. The number of H-pyrrole nitrogens is 1. The van der Waals surface area contributed by atoms with Crippen LogP contribution in [0.15, 0.2) is 0 Å². The molecule has 1 aromatic heterocycles. The molecule has 2 atom stereocenters. The van der Waals surface area contributed by atoms with Crippen LogP contribution in [0.1, 0.15) is 25.2 Å². The fourth-order valence-corrected chi connectivity index (χ4v) is 1.19. The molecule has 5 N–H and O–H groups in total. The summed E-state index contributed by atoms with van der Waals surface area (Å²) in [6.07, 6.45) is -0.723. The number of nitrogens with one attached hydrogen (secondary N) is 3. The zero-order valence-electron chi connectivity index (χ0n) is 9.82. The minimum Gasteiger partial charge on any atom is -0.481 e. The van der Waals surface area contributed by atoms with Gasteiger partial charge in [0.1, 0.15) is 6.04 Å². The largest absolute Gasteiger partial charge is 0.481 e. The fourth-order valence-electron chi connectivity index (χ4n) is 1.19. The van der Waals surface area contributed by atoms with E-state index in [0.717, 1.165) is 0 Å². The lowest BCUT2D eigenvalue weighted by Gasteiger charge is -2.15. The lowest BCUT2D eigenvalue weighted by molar-refractivity contribution is -0.145. The molecule has 11 nitrogen and oxygen atoms in total. The number of aliphatic carboxylic acids is 2. The Hall–Kier alpha value is -2.72. The number of carbonyl (C=O) groups is 3. The second kappa shape index (κ2) is 6.28. The minimum atomic E-state index is -1.52. The number of urea groups is 1.